The van der Waals surface area contributed by atoms with E-state index in [9.17, 15) is 4.79 Å². The molecule has 8 heteroatoms. The number of carbonyl (C=O) groups excluding carboxylic acids is 1. The van der Waals surface area contributed by atoms with E-state index in [1.807, 2.05) is 12.1 Å². The van der Waals surface area contributed by atoms with Gasteiger partial charge in [-0.05, 0) is 36.4 Å². The molecule has 0 atom stereocenters. The average Bonchev–Trinajstić information content (AvgIpc) is 2.70. The van der Waals surface area contributed by atoms with Crippen molar-refractivity contribution < 1.29 is 14.3 Å². The van der Waals surface area contributed by atoms with Crippen molar-refractivity contribution in [3.8, 4) is 11.5 Å². The topological polar surface area (TPSA) is 85.4 Å². The summed E-state index contributed by atoms with van der Waals surface area (Å²) in [4.78, 5) is 20.8. The Morgan fingerprint density at radius 2 is 1.78 bits per heavy atom. The Bertz CT molecular complexity index is 931. The standard InChI is InChI=1S/C19H17ClN4O3/c1-26-14-7-8-15(17(9-14)27-2)24-19(25)16-10-22-18(11-21-16)23-13-5-3-12(20)4-6-13/h3-11H,1-2H3,(H,22,23)(H,24,25). The molecule has 0 aliphatic carbocycles. The first kappa shape index (κ1) is 18.5. The van der Waals surface area contributed by atoms with Crippen LogP contribution in [0.2, 0.25) is 5.02 Å². The number of halogens is 1. The van der Waals surface area contributed by atoms with Gasteiger partial charge in [-0.15, -0.1) is 0 Å². The van der Waals surface area contributed by atoms with Crippen molar-refractivity contribution in [2.24, 2.45) is 0 Å². The van der Waals surface area contributed by atoms with Gasteiger partial charge < -0.3 is 20.1 Å². The van der Waals surface area contributed by atoms with Gasteiger partial charge in [0.2, 0.25) is 0 Å². The van der Waals surface area contributed by atoms with Crippen LogP contribution in [0.3, 0.4) is 0 Å². The predicted octanol–water partition coefficient (Wildman–Crippen LogP) is 4.14. The van der Waals surface area contributed by atoms with Gasteiger partial charge in [0.05, 0.1) is 32.3 Å². The SMILES string of the molecule is COc1ccc(NC(=O)c2cnc(Nc3ccc(Cl)cc3)cn2)c(OC)c1. The zero-order chi connectivity index (χ0) is 19.2. The van der Waals surface area contributed by atoms with Crippen LogP contribution < -0.4 is 20.1 Å². The largest absolute Gasteiger partial charge is 0.497 e. The second-order valence-corrected chi connectivity index (χ2v) is 5.88. The molecule has 0 radical (unpaired) electrons. The number of hydrogen-bond acceptors (Lipinski definition) is 6. The van der Waals surface area contributed by atoms with Crippen LogP contribution in [0.25, 0.3) is 0 Å². The van der Waals surface area contributed by atoms with E-state index in [-0.39, 0.29) is 5.69 Å². The predicted molar refractivity (Wildman–Crippen MR) is 104 cm³/mol. The van der Waals surface area contributed by atoms with Crippen molar-refractivity contribution >= 4 is 34.7 Å². The number of carbonyl (C=O) groups is 1. The van der Waals surface area contributed by atoms with Gasteiger partial charge in [-0.1, -0.05) is 11.6 Å². The number of nitrogens with zero attached hydrogens (tertiary/aromatic N) is 2. The smallest absolute Gasteiger partial charge is 0.275 e. The summed E-state index contributed by atoms with van der Waals surface area (Å²) >= 11 is 5.86. The maximum Gasteiger partial charge on any atom is 0.275 e. The average molecular weight is 385 g/mol. The number of anilines is 3. The lowest BCUT2D eigenvalue weighted by atomic mass is 10.2. The fraction of sp³-hybridized carbons (Fsp3) is 0.105. The number of ether oxygens (including phenoxy) is 2. The molecule has 3 rings (SSSR count). The molecule has 2 N–H and O–H groups in total. The quantitative estimate of drug-likeness (QED) is 0.664. The summed E-state index contributed by atoms with van der Waals surface area (Å²) in [7, 11) is 3.07. The molecule has 27 heavy (non-hydrogen) atoms. The van der Waals surface area contributed by atoms with E-state index >= 15 is 0 Å². The molecule has 3 aromatic rings. The van der Waals surface area contributed by atoms with E-state index in [0.29, 0.717) is 28.0 Å². The van der Waals surface area contributed by atoms with Crippen molar-refractivity contribution in [1.82, 2.24) is 9.97 Å². The minimum absolute atomic E-state index is 0.175. The van der Waals surface area contributed by atoms with E-state index < -0.39 is 5.91 Å². The van der Waals surface area contributed by atoms with Crippen molar-refractivity contribution in [1.29, 1.82) is 0 Å². The molecule has 2 aromatic carbocycles. The van der Waals surface area contributed by atoms with Crippen molar-refractivity contribution in [3.05, 3.63) is 65.6 Å². The summed E-state index contributed by atoms with van der Waals surface area (Å²) in [6.45, 7) is 0. The first-order chi connectivity index (χ1) is 13.1. The summed E-state index contributed by atoms with van der Waals surface area (Å²) in [5, 5.41) is 6.47. The molecule has 0 saturated carbocycles. The van der Waals surface area contributed by atoms with Gasteiger partial charge >= 0.3 is 0 Å². The Morgan fingerprint density at radius 3 is 2.41 bits per heavy atom. The maximum absolute atomic E-state index is 12.4. The minimum Gasteiger partial charge on any atom is -0.497 e. The fourth-order valence-corrected chi connectivity index (χ4v) is 2.41. The Kier molecular flexibility index (Phi) is 5.73. The van der Waals surface area contributed by atoms with E-state index in [1.54, 1.807) is 37.4 Å². The third-order valence-electron chi connectivity index (χ3n) is 3.66. The first-order valence-corrected chi connectivity index (χ1v) is 8.35. The molecule has 0 fully saturated rings. The van der Waals surface area contributed by atoms with Crippen LogP contribution in [0.1, 0.15) is 10.5 Å². The number of aromatic nitrogens is 2. The van der Waals surface area contributed by atoms with Crippen molar-refractivity contribution in [2.75, 3.05) is 24.9 Å². The van der Waals surface area contributed by atoms with Gasteiger partial charge in [0.1, 0.15) is 23.0 Å². The number of hydrogen-bond donors (Lipinski definition) is 2. The Morgan fingerprint density at radius 1 is 1.00 bits per heavy atom. The molecule has 7 nitrogen and oxygen atoms in total. The number of amides is 1. The second kappa shape index (κ2) is 8.37. The monoisotopic (exact) mass is 384 g/mol. The molecule has 0 aliphatic heterocycles. The highest BCUT2D eigenvalue weighted by molar-refractivity contribution is 6.30. The van der Waals surface area contributed by atoms with E-state index in [2.05, 4.69) is 20.6 Å². The maximum atomic E-state index is 12.4. The molecular formula is C19H17ClN4O3. The molecule has 138 valence electrons. The molecular weight excluding hydrogens is 368 g/mol. The summed E-state index contributed by atoms with van der Waals surface area (Å²) in [5.41, 5.74) is 1.50. The third kappa shape index (κ3) is 4.65. The molecule has 1 amide bonds. The number of nitrogens with one attached hydrogen (secondary N) is 2. The van der Waals surface area contributed by atoms with Crippen molar-refractivity contribution in [2.45, 2.75) is 0 Å². The zero-order valence-electron chi connectivity index (χ0n) is 14.7. The van der Waals surface area contributed by atoms with E-state index in [1.165, 1.54) is 19.5 Å². The summed E-state index contributed by atoms with van der Waals surface area (Å²) in [6, 6.07) is 12.3. The molecule has 0 bridgehead atoms. The highest BCUT2D eigenvalue weighted by Gasteiger charge is 2.12. The molecule has 0 saturated heterocycles. The highest BCUT2D eigenvalue weighted by Crippen LogP contribution is 2.29. The van der Waals surface area contributed by atoms with Crippen LogP contribution in [0.15, 0.2) is 54.9 Å². The number of methoxy groups -OCH3 is 2. The van der Waals surface area contributed by atoms with E-state index in [0.717, 1.165) is 5.69 Å². The summed E-state index contributed by atoms with van der Waals surface area (Å²) in [6.07, 6.45) is 2.87. The molecule has 0 spiro atoms. The fourth-order valence-electron chi connectivity index (χ4n) is 2.28. The van der Waals surface area contributed by atoms with E-state index in [4.69, 9.17) is 21.1 Å². The van der Waals surface area contributed by atoms with Crippen LogP contribution in [0, 0.1) is 0 Å². The summed E-state index contributed by atoms with van der Waals surface area (Å²) in [5.74, 6) is 1.22. The lowest BCUT2D eigenvalue weighted by molar-refractivity contribution is 0.102. The van der Waals surface area contributed by atoms with Crippen LogP contribution in [-0.4, -0.2) is 30.1 Å². The van der Waals surface area contributed by atoms with Gasteiger partial charge in [0.15, 0.2) is 0 Å². The Hall–Kier alpha value is -3.32. The van der Waals surface area contributed by atoms with Gasteiger partial charge in [-0.3, -0.25) is 4.79 Å². The highest BCUT2D eigenvalue weighted by atomic mass is 35.5. The van der Waals surface area contributed by atoms with Crippen molar-refractivity contribution in [3.63, 3.8) is 0 Å². The van der Waals surface area contributed by atoms with Gasteiger partial charge in [0, 0.05) is 16.8 Å². The zero-order valence-corrected chi connectivity index (χ0v) is 15.4. The Balaban J connectivity index is 1.69. The molecule has 0 aliphatic rings. The molecule has 0 unspecified atom stereocenters. The van der Waals surface area contributed by atoms with Crippen LogP contribution in [0.5, 0.6) is 11.5 Å². The summed E-state index contributed by atoms with van der Waals surface area (Å²) < 4.78 is 10.4. The van der Waals surface area contributed by atoms with Crippen LogP contribution in [-0.2, 0) is 0 Å². The lowest BCUT2D eigenvalue weighted by Crippen LogP contribution is -2.15. The normalized spacial score (nSPS) is 10.2. The van der Waals surface area contributed by atoms with Crippen LogP contribution >= 0.6 is 11.6 Å². The van der Waals surface area contributed by atoms with Gasteiger partial charge in [0.25, 0.3) is 5.91 Å². The number of benzene rings is 2. The van der Waals surface area contributed by atoms with Gasteiger partial charge in [-0.2, -0.15) is 0 Å². The molecule has 1 aromatic heterocycles. The Labute approximate surface area is 161 Å². The van der Waals surface area contributed by atoms with Crippen LogP contribution in [0.4, 0.5) is 17.2 Å². The lowest BCUT2D eigenvalue weighted by Gasteiger charge is -2.11. The minimum atomic E-state index is -0.399. The first-order valence-electron chi connectivity index (χ1n) is 7.97. The van der Waals surface area contributed by atoms with Gasteiger partial charge in [-0.25, -0.2) is 9.97 Å². The number of rotatable bonds is 6. The third-order valence-corrected chi connectivity index (χ3v) is 3.91. The molecule has 1 heterocycles. The second-order valence-electron chi connectivity index (χ2n) is 5.44.